The van der Waals surface area contributed by atoms with Crippen LogP contribution in [-0.4, -0.2) is 30.9 Å². The van der Waals surface area contributed by atoms with E-state index >= 15 is 0 Å². The van der Waals surface area contributed by atoms with E-state index in [0.29, 0.717) is 18.6 Å². The number of carbonyl (C=O) groups is 1. The topological polar surface area (TPSA) is 29.5 Å². The van der Waals surface area contributed by atoms with Crippen LogP contribution in [0.1, 0.15) is 31.2 Å². The molecule has 2 fully saturated rings. The quantitative estimate of drug-likeness (QED) is 0.818. The lowest BCUT2D eigenvalue weighted by Crippen LogP contribution is -2.41. The molecule has 0 atom stereocenters. The Bertz CT molecular complexity index is 455. The number of para-hydroxylation sites is 1. The molecule has 2 aliphatic rings. The van der Waals surface area contributed by atoms with Gasteiger partial charge in [-0.3, -0.25) is 9.69 Å². The van der Waals surface area contributed by atoms with Gasteiger partial charge in [0.1, 0.15) is 11.5 Å². The second-order valence-corrected chi connectivity index (χ2v) is 5.26. The average Bonchev–Trinajstić information content (AvgIpc) is 3.21. The van der Waals surface area contributed by atoms with E-state index in [1.54, 1.807) is 7.11 Å². The van der Waals surface area contributed by atoms with Gasteiger partial charge in [-0.1, -0.05) is 18.2 Å². The largest absolute Gasteiger partial charge is 0.496 e. The van der Waals surface area contributed by atoms with E-state index in [9.17, 15) is 4.79 Å². The zero-order valence-electron chi connectivity index (χ0n) is 10.8. The number of methoxy groups -OCH3 is 1. The standard InChI is InChI=1S/C15H19NO2/c1-18-14-5-3-2-4-13(14)15(8-9-15)16-10-6-12(17)7-11-16/h2-5H,6-11H2,1H3. The van der Waals surface area contributed by atoms with Crippen molar-refractivity contribution in [1.29, 1.82) is 0 Å². The Morgan fingerprint density at radius 3 is 2.44 bits per heavy atom. The highest BCUT2D eigenvalue weighted by Crippen LogP contribution is 2.54. The first-order valence-electron chi connectivity index (χ1n) is 6.66. The molecule has 0 amide bonds. The molecule has 1 aromatic carbocycles. The van der Waals surface area contributed by atoms with Gasteiger partial charge in [-0.15, -0.1) is 0 Å². The summed E-state index contributed by atoms with van der Waals surface area (Å²) in [5.74, 6) is 1.38. The van der Waals surface area contributed by atoms with Crippen LogP contribution in [-0.2, 0) is 10.3 Å². The van der Waals surface area contributed by atoms with Crippen molar-refractivity contribution in [3.63, 3.8) is 0 Å². The molecule has 0 unspecified atom stereocenters. The molecule has 0 aromatic heterocycles. The molecule has 0 N–H and O–H groups in total. The summed E-state index contributed by atoms with van der Waals surface area (Å²) >= 11 is 0. The first kappa shape index (κ1) is 11.7. The summed E-state index contributed by atoms with van der Waals surface area (Å²) in [6, 6.07) is 8.29. The third-order valence-corrected chi connectivity index (χ3v) is 4.26. The molecule has 1 aliphatic carbocycles. The van der Waals surface area contributed by atoms with Gasteiger partial charge in [-0.05, 0) is 18.9 Å². The van der Waals surface area contributed by atoms with Crippen LogP contribution >= 0.6 is 0 Å². The van der Waals surface area contributed by atoms with Crippen molar-refractivity contribution < 1.29 is 9.53 Å². The highest BCUT2D eigenvalue weighted by Gasteiger charge is 2.51. The van der Waals surface area contributed by atoms with Crippen molar-refractivity contribution in [2.75, 3.05) is 20.2 Å². The summed E-state index contributed by atoms with van der Waals surface area (Å²) in [6.45, 7) is 1.80. The van der Waals surface area contributed by atoms with E-state index in [4.69, 9.17) is 4.74 Å². The molecule has 0 radical (unpaired) electrons. The predicted molar refractivity (Wildman–Crippen MR) is 69.7 cm³/mol. The fourth-order valence-corrected chi connectivity index (χ4v) is 3.09. The Hall–Kier alpha value is -1.35. The molecule has 96 valence electrons. The molecular formula is C15H19NO2. The van der Waals surface area contributed by atoms with Crippen LogP contribution in [0.25, 0.3) is 0 Å². The molecule has 1 aliphatic heterocycles. The molecule has 1 aromatic rings. The third kappa shape index (κ3) is 1.83. The summed E-state index contributed by atoms with van der Waals surface area (Å²) in [7, 11) is 1.73. The Morgan fingerprint density at radius 2 is 1.83 bits per heavy atom. The van der Waals surface area contributed by atoms with E-state index in [2.05, 4.69) is 17.0 Å². The van der Waals surface area contributed by atoms with Gasteiger partial charge in [0.25, 0.3) is 0 Å². The number of hydrogen-bond donors (Lipinski definition) is 0. The Morgan fingerprint density at radius 1 is 1.17 bits per heavy atom. The molecule has 3 heteroatoms. The van der Waals surface area contributed by atoms with E-state index < -0.39 is 0 Å². The van der Waals surface area contributed by atoms with Crippen LogP contribution in [0, 0.1) is 0 Å². The lowest BCUT2D eigenvalue weighted by atomic mass is 9.98. The van der Waals surface area contributed by atoms with E-state index in [1.807, 2.05) is 12.1 Å². The average molecular weight is 245 g/mol. The number of hydrogen-bond acceptors (Lipinski definition) is 3. The Kier molecular flexibility index (Phi) is 2.86. The van der Waals surface area contributed by atoms with Crippen LogP contribution < -0.4 is 4.74 Å². The second-order valence-electron chi connectivity index (χ2n) is 5.26. The highest BCUT2D eigenvalue weighted by molar-refractivity contribution is 5.79. The number of ketones is 1. The number of likely N-dealkylation sites (tertiary alicyclic amines) is 1. The SMILES string of the molecule is COc1ccccc1C1(N2CCC(=O)CC2)CC1. The van der Waals surface area contributed by atoms with Gasteiger partial charge in [0, 0.05) is 37.0 Å². The fraction of sp³-hybridized carbons (Fsp3) is 0.533. The van der Waals surface area contributed by atoms with Gasteiger partial charge < -0.3 is 4.74 Å². The minimum Gasteiger partial charge on any atom is -0.496 e. The highest BCUT2D eigenvalue weighted by atomic mass is 16.5. The van der Waals surface area contributed by atoms with Gasteiger partial charge >= 0.3 is 0 Å². The smallest absolute Gasteiger partial charge is 0.135 e. The molecule has 3 rings (SSSR count). The van der Waals surface area contributed by atoms with Crippen LogP contribution in [0.15, 0.2) is 24.3 Å². The third-order valence-electron chi connectivity index (χ3n) is 4.26. The number of carbonyl (C=O) groups excluding carboxylic acids is 1. The minimum absolute atomic E-state index is 0.146. The normalized spacial score (nSPS) is 22.8. The van der Waals surface area contributed by atoms with Crippen LogP contribution in [0.4, 0.5) is 0 Å². The summed E-state index contributed by atoms with van der Waals surface area (Å²) in [5, 5.41) is 0. The van der Waals surface area contributed by atoms with Gasteiger partial charge in [-0.2, -0.15) is 0 Å². The maximum atomic E-state index is 11.4. The number of benzene rings is 1. The molecule has 1 saturated carbocycles. The summed E-state index contributed by atoms with van der Waals surface area (Å²) in [6.07, 6.45) is 3.77. The van der Waals surface area contributed by atoms with Crippen molar-refractivity contribution in [3.05, 3.63) is 29.8 Å². The minimum atomic E-state index is 0.146. The first-order valence-corrected chi connectivity index (χ1v) is 6.66. The molecule has 18 heavy (non-hydrogen) atoms. The maximum absolute atomic E-state index is 11.4. The molecule has 0 bridgehead atoms. The van der Waals surface area contributed by atoms with Crippen molar-refractivity contribution in [3.8, 4) is 5.75 Å². The lowest BCUT2D eigenvalue weighted by molar-refractivity contribution is -0.122. The summed E-state index contributed by atoms with van der Waals surface area (Å²) < 4.78 is 5.49. The number of ether oxygens (including phenoxy) is 1. The molecule has 0 spiro atoms. The van der Waals surface area contributed by atoms with Crippen molar-refractivity contribution in [1.82, 2.24) is 4.90 Å². The molecule has 3 nitrogen and oxygen atoms in total. The van der Waals surface area contributed by atoms with E-state index in [1.165, 1.54) is 18.4 Å². The summed E-state index contributed by atoms with van der Waals surface area (Å²) in [5.41, 5.74) is 1.44. The molecule has 1 heterocycles. The van der Waals surface area contributed by atoms with E-state index in [-0.39, 0.29) is 5.54 Å². The zero-order chi connectivity index (χ0) is 12.6. The number of nitrogens with zero attached hydrogens (tertiary/aromatic N) is 1. The van der Waals surface area contributed by atoms with Crippen molar-refractivity contribution in [2.45, 2.75) is 31.2 Å². The lowest BCUT2D eigenvalue weighted by Gasteiger charge is -2.35. The Labute approximate surface area is 108 Å². The van der Waals surface area contributed by atoms with Crippen molar-refractivity contribution >= 4 is 5.78 Å². The number of piperidine rings is 1. The monoisotopic (exact) mass is 245 g/mol. The van der Waals surface area contributed by atoms with Gasteiger partial charge in [-0.25, -0.2) is 0 Å². The van der Waals surface area contributed by atoms with Crippen LogP contribution in [0.3, 0.4) is 0 Å². The van der Waals surface area contributed by atoms with Gasteiger partial charge in [0.05, 0.1) is 7.11 Å². The van der Waals surface area contributed by atoms with Crippen LogP contribution in [0.2, 0.25) is 0 Å². The summed E-state index contributed by atoms with van der Waals surface area (Å²) in [4.78, 5) is 13.8. The predicted octanol–water partition coefficient (Wildman–Crippen LogP) is 2.35. The maximum Gasteiger partial charge on any atom is 0.135 e. The second kappa shape index (κ2) is 4.39. The zero-order valence-corrected chi connectivity index (χ0v) is 10.8. The van der Waals surface area contributed by atoms with Gasteiger partial charge in [0.15, 0.2) is 0 Å². The fourth-order valence-electron chi connectivity index (χ4n) is 3.09. The van der Waals surface area contributed by atoms with Crippen LogP contribution in [0.5, 0.6) is 5.75 Å². The van der Waals surface area contributed by atoms with Gasteiger partial charge in [0.2, 0.25) is 0 Å². The number of Topliss-reactive ketones (excluding diaryl/α,β-unsaturated/α-hetero) is 1. The number of rotatable bonds is 3. The first-order chi connectivity index (χ1) is 8.76. The molecular weight excluding hydrogens is 226 g/mol. The van der Waals surface area contributed by atoms with Crippen molar-refractivity contribution in [2.24, 2.45) is 0 Å². The van der Waals surface area contributed by atoms with E-state index in [0.717, 1.165) is 18.8 Å². The molecule has 1 saturated heterocycles. The Balaban J connectivity index is 1.88.